The molecule has 142 valence electrons. The number of rotatable bonds is 9. The van der Waals surface area contributed by atoms with Crippen molar-refractivity contribution >= 4 is 50.7 Å². The van der Waals surface area contributed by atoms with Crippen LogP contribution in [0.15, 0.2) is 34.9 Å². The number of hydrogen-bond acceptors (Lipinski definition) is 3. The molecular weight excluding hydrogens is 434 g/mol. The molecule has 0 saturated carbocycles. The Kier molecular flexibility index (Phi) is 8.84. The van der Waals surface area contributed by atoms with Crippen LogP contribution in [0.1, 0.15) is 25.8 Å². The van der Waals surface area contributed by atoms with Gasteiger partial charge in [-0.3, -0.25) is 4.68 Å². The summed E-state index contributed by atoms with van der Waals surface area (Å²) in [5.74, 6) is 0.709. The second-order valence-electron chi connectivity index (χ2n) is 5.91. The van der Waals surface area contributed by atoms with Crippen molar-refractivity contribution in [3.63, 3.8) is 0 Å². The van der Waals surface area contributed by atoms with Crippen LogP contribution in [-0.4, -0.2) is 46.0 Å². The van der Waals surface area contributed by atoms with Crippen LogP contribution in [-0.2, 0) is 6.54 Å². The molecule has 1 heterocycles. The summed E-state index contributed by atoms with van der Waals surface area (Å²) in [6.45, 7) is 9.10. The minimum absolute atomic E-state index is 0.585. The normalized spacial score (nSPS) is 11.0. The first kappa shape index (κ1) is 21.2. The zero-order valence-corrected chi connectivity index (χ0v) is 18.3. The van der Waals surface area contributed by atoms with Crippen LogP contribution in [0.3, 0.4) is 0 Å². The summed E-state index contributed by atoms with van der Waals surface area (Å²) >= 11 is 14.8. The van der Waals surface area contributed by atoms with E-state index in [0.29, 0.717) is 17.5 Å². The second-order valence-corrected chi connectivity index (χ2v) is 7.61. The summed E-state index contributed by atoms with van der Waals surface area (Å²) in [5, 5.41) is 12.2. The molecule has 8 heteroatoms. The fraction of sp³-hybridized carbons (Fsp3) is 0.444. The van der Waals surface area contributed by atoms with Crippen molar-refractivity contribution in [2.45, 2.75) is 26.8 Å². The summed E-state index contributed by atoms with van der Waals surface area (Å²) in [6, 6.07) is 7.75. The van der Waals surface area contributed by atoms with Crippen LogP contribution < -0.4 is 10.6 Å². The van der Waals surface area contributed by atoms with Crippen LogP contribution in [0.5, 0.6) is 0 Å². The molecule has 0 unspecified atom stereocenters. The number of benzene rings is 1. The molecule has 0 atom stereocenters. The standard InChI is InChI=1S/C18H25BrClN5S/c1-3-24(4-2)11-5-10-21-18(26)22-17-16(19)13-25(23-17)12-14-6-8-15(20)9-7-14/h6-9,13H,3-5,10-12H2,1-2H3,(H2,21,22,23,26). The van der Waals surface area contributed by atoms with Gasteiger partial charge in [0.25, 0.3) is 0 Å². The van der Waals surface area contributed by atoms with Gasteiger partial charge in [-0.25, -0.2) is 0 Å². The lowest BCUT2D eigenvalue weighted by Gasteiger charge is -2.18. The first-order chi connectivity index (χ1) is 12.5. The van der Waals surface area contributed by atoms with Crippen molar-refractivity contribution in [2.75, 3.05) is 31.5 Å². The number of halogens is 2. The van der Waals surface area contributed by atoms with Crippen molar-refractivity contribution in [3.8, 4) is 0 Å². The highest BCUT2D eigenvalue weighted by molar-refractivity contribution is 9.10. The third-order valence-electron chi connectivity index (χ3n) is 4.04. The highest BCUT2D eigenvalue weighted by Gasteiger charge is 2.09. The second kappa shape index (κ2) is 10.9. The fourth-order valence-electron chi connectivity index (χ4n) is 2.54. The predicted molar refractivity (Wildman–Crippen MR) is 117 cm³/mol. The van der Waals surface area contributed by atoms with Gasteiger partial charge >= 0.3 is 0 Å². The van der Waals surface area contributed by atoms with Crippen LogP contribution >= 0.6 is 39.7 Å². The van der Waals surface area contributed by atoms with Gasteiger partial charge in [-0.1, -0.05) is 37.6 Å². The van der Waals surface area contributed by atoms with E-state index in [1.807, 2.05) is 35.1 Å². The quantitative estimate of drug-likeness (QED) is 0.432. The van der Waals surface area contributed by atoms with Crippen LogP contribution in [0.2, 0.25) is 5.02 Å². The average molecular weight is 459 g/mol. The van der Waals surface area contributed by atoms with Crippen LogP contribution in [0.25, 0.3) is 0 Å². The van der Waals surface area contributed by atoms with Crippen LogP contribution in [0.4, 0.5) is 5.82 Å². The Morgan fingerprint density at radius 2 is 1.96 bits per heavy atom. The smallest absolute Gasteiger partial charge is 0.172 e. The van der Waals surface area contributed by atoms with E-state index in [-0.39, 0.29) is 0 Å². The molecule has 0 amide bonds. The molecule has 5 nitrogen and oxygen atoms in total. The first-order valence-electron chi connectivity index (χ1n) is 8.76. The van der Waals surface area contributed by atoms with Gasteiger partial charge in [0.1, 0.15) is 0 Å². The number of hydrogen-bond donors (Lipinski definition) is 2. The van der Waals surface area contributed by atoms with Gasteiger partial charge in [-0.15, -0.1) is 0 Å². The predicted octanol–water partition coefficient (Wildman–Crippen LogP) is 4.37. The highest BCUT2D eigenvalue weighted by Crippen LogP contribution is 2.21. The SMILES string of the molecule is CCN(CC)CCCNC(=S)Nc1nn(Cc2ccc(Cl)cc2)cc1Br. The Hall–Kier alpha value is -1.15. The van der Waals surface area contributed by atoms with Gasteiger partial charge in [-0.05, 0) is 71.9 Å². The first-order valence-corrected chi connectivity index (χ1v) is 10.3. The van der Waals surface area contributed by atoms with Crippen LogP contribution in [0, 0.1) is 0 Å². The molecule has 0 bridgehead atoms. The molecule has 1 aromatic carbocycles. The number of aromatic nitrogens is 2. The largest absolute Gasteiger partial charge is 0.362 e. The molecule has 0 saturated heterocycles. The lowest BCUT2D eigenvalue weighted by molar-refractivity contribution is 0.300. The molecule has 2 rings (SSSR count). The van der Waals surface area contributed by atoms with Gasteiger partial charge in [-0.2, -0.15) is 5.10 Å². The molecule has 0 fully saturated rings. The van der Waals surface area contributed by atoms with Gasteiger partial charge < -0.3 is 15.5 Å². The van der Waals surface area contributed by atoms with E-state index >= 15 is 0 Å². The van der Waals surface area contributed by atoms with Crippen molar-refractivity contribution < 1.29 is 0 Å². The average Bonchev–Trinajstić information content (AvgIpc) is 2.96. The zero-order valence-electron chi connectivity index (χ0n) is 15.1. The third-order valence-corrected chi connectivity index (χ3v) is 5.12. The molecule has 0 radical (unpaired) electrons. The maximum Gasteiger partial charge on any atom is 0.172 e. The molecule has 0 spiro atoms. The Morgan fingerprint density at radius 1 is 1.27 bits per heavy atom. The third kappa shape index (κ3) is 6.87. The van der Waals surface area contributed by atoms with Gasteiger partial charge in [0.15, 0.2) is 10.9 Å². The minimum Gasteiger partial charge on any atom is -0.362 e. The molecular formula is C18H25BrClN5S. The van der Waals surface area contributed by atoms with E-state index in [9.17, 15) is 0 Å². The van der Waals surface area contributed by atoms with E-state index in [0.717, 1.165) is 47.7 Å². The summed E-state index contributed by atoms with van der Waals surface area (Å²) in [4.78, 5) is 2.40. The van der Waals surface area contributed by atoms with E-state index < -0.39 is 0 Å². The minimum atomic E-state index is 0.585. The summed E-state index contributed by atoms with van der Waals surface area (Å²) in [6.07, 6.45) is 2.98. The van der Waals surface area contributed by atoms with Crippen molar-refractivity contribution in [1.29, 1.82) is 0 Å². The number of nitrogens with one attached hydrogen (secondary N) is 2. The fourth-order valence-corrected chi connectivity index (χ4v) is 3.28. The maximum absolute atomic E-state index is 5.92. The molecule has 0 aliphatic heterocycles. The molecule has 0 aliphatic rings. The molecule has 2 aromatic rings. The lowest BCUT2D eigenvalue weighted by Crippen LogP contribution is -2.32. The highest BCUT2D eigenvalue weighted by atomic mass is 79.9. The van der Waals surface area contributed by atoms with E-state index in [4.69, 9.17) is 23.8 Å². The summed E-state index contributed by atoms with van der Waals surface area (Å²) in [5.41, 5.74) is 1.13. The molecule has 26 heavy (non-hydrogen) atoms. The summed E-state index contributed by atoms with van der Waals surface area (Å²) in [7, 11) is 0. The number of thiocarbonyl (C=S) groups is 1. The van der Waals surface area contributed by atoms with E-state index in [1.165, 1.54) is 0 Å². The molecule has 2 N–H and O–H groups in total. The Balaban J connectivity index is 1.81. The topological polar surface area (TPSA) is 45.1 Å². The van der Waals surface area contributed by atoms with Crippen molar-refractivity contribution in [2.24, 2.45) is 0 Å². The summed E-state index contributed by atoms with van der Waals surface area (Å²) < 4.78 is 2.73. The van der Waals surface area contributed by atoms with E-state index in [2.05, 4.69) is 50.4 Å². The van der Waals surface area contributed by atoms with Crippen molar-refractivity contribution in [3.05, 3.63) is 45.5 Å². The Labute approximate surface area is 174 Å². The Bertz CT molecular complexity index is 700. The number of nitrogens with zero attached hydrogens (tertiary/aromatic N) is 3. The van der Waals surface area contributed by atoms with Gasteiger partial charge in [0, 0.05) is 17.8 Å². The molecule has 0 aliphatic carbocycles. The maximum atomic E-state index is 5.92. The number of anilines is 1. The Morgan fingerprint density at radius 3 is 2.62 bits per heavy atom. The molecule has 1 aromatic heterocycles. The van der Waals surface area contributed by atoms with Gasteiger partial charge in [0.05, 0.1) is 11.0 Å². The monoisotopic (exact) mass is 457 g/mol. The van der Waals surface area contributed by atoms with Crippen molar-refractivity contribution in [1.82, 2.24) is 20.0 Å². The zero-order chi connectivity index (χ0) is 18.9. The van der Waals surface area contributed by atoms with E-state index in [1.54, 1.807) is 0 Å². The lowest BCUT2D eigenvalue weighted by atomic mass is 10.2. The van der Waals surface area contributed by atoms with Gasteiger partial charge in [0.2, 0.25) is 0 Å².